The van der Waals surface area contributed by atoms with Crippen LogP contribution in [0.25, 0.3) is 0 Å². The maximum Gasteiger partial charge on any atom is 0.293 e. The molecule has 14 N–H and O–H groups in total. The van der Waals surface area contributed by atoms with Crippen LogP contribution >= 0.6 is 135 Å². The molecule has 23 nitrogen and oxygen atoms in total. The van der Waals surface area contributed by atoms with Gasteiger partial charge < -0.3 is 68.0 Å². The van der Waals surface area contributed by atoms with Crippen LogP contribution in [0.4, 0.5) is 11.4 Å². The fourth-order valence-electron chi connectivity index (χ4n) is 11.5. The smallest absolute Gasteiger partial charge is 0.293 e. The van der Waals surface area contributed by atoms with Gasteiger partial charge in [-0.25, -0.2) is 59.9 Å². The monoisotopic (exact) mass is 2180 g/mol. The third-order valence-electron chi connectivity index (χ3n) is 19.6. The summed E-state index contributed by atoms with van der Waals surface area (Å²) >= 11 is 34.0. The van der Waals surface area contributed by atoms with E-state index < -0.39 is 9.85 Å². The van der Waals surface area contributed by atoms with Gasteiger partial charge in [-0.15, -0.1) is 0 Å². The van der Waals surface area contributed by atoms with Crippen LogP contribution in [0.3, 0.4) is 0 Å². The number of aromatic hydroxyl groups is 7. The van der Waals surface area contributed by atoms with E-state index in [2.05, 4.69) is 358 Å². The fourth-order valence-corrected chi connectivity index (χ4v) is 11.9. The molecule has 143 heavy (non-hydrogen) atoms. The van der Waals surface area contributed by atoms with Crippen molar-refractivity contribution >= 4 is 205 Å². The molecule has 0 spiro atoms. The normalized spacial score (nSPS) is 10.7. The Hall–Kier alpha value is -9.72. The van der Waals surface area contributed by atoms with Gasteiger partial charge in [0.05, 0.1) is 57.2 Å². The number of rotatable bonds is 23. The van der Waals surface area contributed by atoms with Crippen molar-refractivity contribution in [3.63, 3.8) is 0 Å². The highest BCUT2D eigenvalue weighted by Crippen LogP contribution is 2.30. The predicted molar refractivity (Wildman–Crippen MR) is 649 cm³/mol. The number of nitrogens with one attached hydrogen (secondary N) is 4. The van der Waals surface area contributed by atoms with Gasteiger partial charge in [-0.1, -0.05) is 260 Å². The predicted octanol–water partition coefficient (Wildman–Crippen LogP) is 23.6. The molecule has 0 fully saturated rings. The molecule has 0 heterocycles. The number of non-ortho nitro benzene ring substituents is 2. The number of benzene rings is 11. The summed E-state index contributed by atoms with van der Waals surface area (Å²) in [5.41, 5.74) is 26.2. The number of oxime groups is 1. The molecule has 0 amide bonds. The van der Waals surface area contributed by atoms with Crippen molar-refractivity contribution in [3.8, 4) is 40.2 Å². The van der Waals surface area contributed by atoms with Crippen molar-refractivity contribution in [1.29, 1.82) is 11.1 Å². The number of phenols is 7. The maximum absolute atomic E-state index is 10.3. The van der Waals surface area contributed by atoms with Crippen LogP contribution < -0.4 is 27.0 Å². The van der Waals surface area contributed by atoms with Crippen LogP contribution in [0.5, 0.6) is 40.2 Å². The first kappa shape index (κ1) is 120. The molecule has 0 aromatic heterocycles. The average molecular weight is 2180 g/mol. The van der Waals surface area contributed by atoms with Gasteiger partial charge in [0.15, 0.2) is 16.5 Å². The Labute approximate surface area is 914 Å². The van der Waals surface area contributed by atoms with E-state index in [1.54, 1.807) is 18.2 Å². The number of aliphatic imine (C=N–C) groups is 2. The zero-order chi connectivity index (χ0) is 115. The number of aldehydes is 1. The van der Waals surface area contributed by atoms with Crippen LogP contribution in [0.15, 0.2) is 240 Å². The lowest BCUT2D eigenvalue weighted by Crippen LogP contribution is -2.34. The minimum atomic E-state index is -0.645. The quantitative estimate of drug-likeness (QED) is 0.00325. The van der Waals surface area contributed by atoms with Crippen LogP contribution in [0.2, 0.25) is 0 Å². The van der Waals surface area contributed by atoms with E-state index in [0.29, 0.717) is 91.1 Å². The summed E-state index contributed by atoms with van der Waals surface area (Å²) in [6, 6.07) is 69.8. The lowest BCUT2D eigenvalue weighted by atomic mass is 9.87. The molecule has 11 aromatic carbocycles. The zero-order valence-electron chi connectivity index (χ0n) is 92.7. The molecule has 0 saturated carbocycles. The summed E-state index contributed by atoms with van der Waals surface area (Å²) in [4.78, 5) is 37.2. The molecule has 0 aliphatic carbocycles. The number of hydrogen-bond donors (Lipinski definition) is 17. The first-order valence-corrected chi connectivity index (χ1v) is 50.9. The summed E-state index contributed by atoms with van der Waals surface area (Å²) in [6.45, 7) is 44.4. The second-order valence-corrected chi connectivity index (χ2v) is 41.1. The van der Waals surface area contributed by atoms with Crippen LogP contribution in [0.1, 0.15) is 213 Å². The van der Waals surface area contributed by atoms with Crippen LogP contribution in [-0.4, -0.2) is 120 Å². The van der Waals surface area contributed by atoms with Crippen molar-refractivity contribution in [2.45, 2.75) is 212 Å². The van der Waals surface area contributed by atoms with E-state index in [0.717, 1.165) is 92.9 Å². The molecule has 39 heteroatoms. The van der Waals surface area contributed by atoms with Crippen molar-refractivity contribution in [3.05, 3.63) is 356 Å². The lowest BCUT2D eigenvalue weighted by molar-refractivity contribution is -0.385. The molecular weight excluding hydrogens is 2020 g/mol. The minimum absolute atomic E-state index is 0.0422. The number of phenolic OH excluding ortho intramolecular Hbond substituents is 7. The molecule has 0 saturated heterocycles. The van der Waals surface area contributed by atoms with Gasteiger partial charge in [-0.05, 0) is 249 Å². The molecule has 0 aliphatic rings. The van der Waals surface area contributed by atoms with E-state index in [1.165, 1.54) is 62.7 Å². The SMILES string of the molecule is CC(C)(C)c1ccc(CN=C=S)cc1.CC(C)(C)c1ccc(CN=C=S)cc1.Cc1ccc(CNC(=S)NCc2ccc(C(C)(C)C)cc2)c(O)c1.Cc1ccc(CNC(=S)NCc2ccc(C(C)(C)C)cc2)c(O)c1.O=Cc1ccc([N+](=O)[O-])cc1O.[2H]B(P)S.[2H]B(P)S.[2H]B(P)S.[2H]B(P)S.[3H]Oc1cc(C)ccc1CC.[3H]Oc1cc(C)ccc1CC.[3H]Oc1cc(C)ccc1CN.[3H]Oc1cc([N+](=O)[O-])ccc1C=NO. The molecular formula is C104H144B4N10O13P4S8. The Morgan fingerprint density at radius 1 is 0.420 bits per heavy atom. The summed E-state index contributed by atoms with van der Waals surface area (Å²) in [7, 11) is 8.75. The third-order valence-corrected chi connectivity index (χ3v) is 20.4. The summed E-state index contributed by atoms with van der Waals surface area (Å²) < 4.78 is 52.6. The number of carbonyl (C=O) groups is 1. The molecule has 0 bridgehead atoms. The number of nitrogens with zero attached hydrogens (tertiary/aromatic N) is 5. The summed E-state index contributed by atoms with van der Waals surface area (Å²) in [5.74, 6) is 2.06. The van der Waals surface area contributed by atoms with E-state index in [4.69, 9.17) is 51.6 Å². The summed E-state index contributed by atoms with van der Waals surface area (Å²) in [6.07, 6.45) is 2.05. The van der Waals surface area contributed by atoms with E-state index in [1.807, 2.05) is 121 Å². The largest absolute Gasteiger partial charge is 0.508 e. The summed E-state index contributed by atoms with van der Waals surface area (Å²) in [5, 5.41) is 96.3. The Balaban J connectivity index is 0. The number of nitrogens with two attached hydrogens (primary N) is 1. The van der Waals surface area contributed by atoms with Crippen LogP contribution in [0, 0.1) is 54.8 Å². The molecule has 0 radical (unpaired) electrons. The van der Waals surface area contributed by atoms with Gasteiger partial charge in [0.1, 0.15) is 40.2 Å². The molecule has 0 aliphatic heterocycles. The lowest BCUT2D eigenvalue weighted by Gasteiger charge is -2.19. The Bertz CT molecular complexity index is 5680. The highest BCUT2D eigenvalue weighted by molar-refractivity contribution is 8.20. The molecule has 11 aromatic rings. The van der Waals surface area contributed by atoms with Crippen molar-refractivity contribution in [2.24, 2.45) is 20.9 Å². The molecule has 11 rings (SSSR count). The Kier molecular flexibility index (Phi) is 63.1. The van der Waals surface area contributed by atoms with Crippen LogP contribution in [-0.2, 0) is 80.3 Å². The van der Waals surface area contributed by atoms with E-state index in [-0.39, 0.29) is 80.6 Å². The fraction of sp³-hybridized carbons (Fsp3) is 0.308. The number of nitro benzene ring substituents is 2. The first-order chi connectivity index (χ1) is 70.7. The first-order valence-electron chi connectivity index (χ1n) is 48.5. The van der Waals surface area contributed by atoms with Crippen molar-refractivity contribution in [1.82, 2.24) is 21.3 Å². The number of isothiocyanates is 2. The second-order valence-electron chi connectivity index (χ2n) is 35.1. The molecule has 4 atom stereocenters. The highest BCUT2D eigenvalue weighted by Gasteiger charge is 2.18. The Morgan fingerprint density at radius 2 is 0.678 bits per heavy atom. The van der Waals surface area contributed by atoms with Gasteiger partial charge >= 0.3 is 0 Å². The van der Waals surface area contributed by atoms with Gasteiger partial charge in [0, 0.05) is 67.1 Å². The topological polar surface area (TPSA) is 376 Å². The maximum atomic E-state index is 10.3. The number of thiocarbonyl (C=S) groups is 4. The van der Waals surface area contributed by atoms with Gasteiger partial charge in [-0.2, -0.15) is 36.5 Å². The number of thiol groups is 4. The van der Waals surface area contributed by atoms with Crippen molar-refractivity contribution < 1.29 is 55.6 Å². The Morgan fingerprint density at radius 3 is 0.923 bits per heavy atom. The van der Waals surface area contributed by atoms with Gasteiger partial charge in [0.25, 0.3) is 17.1 Å². The van der Waals surface area contributed by atoms with E-state index >= 15 is 0 Å². The number of aryl methyl sites for hydroxylation is 7. The standard InChI is InChI=1S/2C20H26N2OS.2C12H15NS.2C9H12O.C8H11NO.C7H6N2O4.C7H5NO4.4BH4PS/c2*1-14-5-8-16(18(23)11-14)13-22-19(24)21-12-15-6-9-17(10-7-15)20(2,3)4;2*1-12(2,3)11-6-4-10(5-7-11)8-13-9-14;2*1-3-8-5-4-7(2)6-9(8)10;1-6-2-3-7(5-9)8(10)4-6;10-7-3-6(9(12)13)2-1-5(7)4-8-11;9-4-5-1-2-6(8(11)12)3-7(5)10;4*2-1-3/h2*5-11,23H,12-13H2,1-4H3,(H2,21,22,24);2*4-7H,8H2,1-3H3;2*4-6,10H,3H2,1-2H3;2-4,10H,5,9H2,1H3;1-4,10-11H;1-4,10H;4*1,3H,2H2/i;;;;;;;;;4*1D/hT4. The number of nitro groups is 2. The molecule has 768 valence electrons. The highest BCUT2D eigenvalue weighted by atomic mass is 32.1. The van der Waals surface area contributed by atoms with Crippen molar-refractivity contribution in [2.75, 3.05) is 0 Å². The minimum Gasteiger partial charge on any atom is -0.508 e. The van der Waals surface area contributed by atoms with Gasteiger partial charge in [-0.3, -0.25) is 25.0 Å². The van der Waals surface area contributed by atoms with Gasteiger partial charge in [0.2, 0.25) is 25.0 Å². The zero-order valence-corrected chi connectivity index (χ0v) is 96.2. The molecule has 4 unspecified atom stereocenters. The number of hydrogen-bond acceptors (Lipinski definition) is 25. The van der Waals surface area contributed by atoms with E-state index in [9.17, 15) is 35.2 Å². The second kappa shape index (κ2) is 75.1. The average Bonchev–Trinajstić information content (AvgIpc) is 0.857. The third kappa shape index (κ3) is 60.7. The number of carbonyl (C=O) groups excluding carboxylic acids is 1.